The molecule has 2 aromatic rings. The van der Waals surface area contributed by atoms with Gasteiger partial charge in [0.1, 0.15) is 5.82 Å². The number of carbonyl (C=O) groups excluding carboxylic acids is 1. The first-order valence-electron chi connectivity index (χ1n) is 5.15. The third-order valence-electron chi connectivity index (χ3n) is 2.57. The number of hydrogen-bond acceptors (Lipinski definition) is 1. The molecule has 0 heterocycles. The smallest absolute Gasteiger partial charge is 0.194 e. The van der Waals surface area contributed by atoms with E-state index in [9.17, 15) is 9.18 Å². The zero-order valence-corrected chi connectivity index (χ0v) is 9.96. The van der Waals surface area contributed by atoms with Gasteiger partial charge in [-0.3, -0.25) is 4.79 Å². The summed E-state index contributed by atoms with van der Waals surface area (Å²) in [6, 6.07) is 11.5. The first-order valence-corrected chi connectivity index (χ1v) is 5.53. The van der Waals surface area contributed by atoms with E-state index in [4.69, 9.17) is 11.6 Å². The molecule has 0 atom stereocenters. The fourth-order valence-corrected chi connectivity index (χ4v) is 1.96. The summed E-state index contributed by atoms with van der Waals surface area (Å²) in [5, 5.41) is -0.112. The molecule has 17 heavy (non-hydrogen) atoms. The minimum absolute atomic E-state index is 0.112. The fourth-order valence-electron chi connectivity index (χ4n) is 1.66. The summed E-state index contributed by atoms with van der Waals surface area (Å²) in [4.78, 5) is 12.2. The van der Waals surface area contributed by atoms with Gasteiger partial charge < -0.3 is 0 Å². The predicted molar refractivity (Wildman–Crippen MR) is 66.0 cm³/mol. The monoisotopic (exact) mass is 248 g/mol. The Morgan fingerprint density at radius 1 is 1.12 bits per heavy atom. The molecule has 0 spiro atoms. The van der Waals surface area contributed by atoms with Gasteiger partial charge in [-0.1, -0.05) is 48.0 Å². The topological polar surface area (TPSA) is 17.1 Å². The number of benzene rings is 2. The lowest BCUT2D eigenvalue weighted by Gasteiger charge is -2.08. The van der Waals surface area contributed by atoms with Crippen molar-refractivity contribution in [2.45, 2.75) is 6.92 Å². The van der Waals surface area contributed by atoms with Gasteiger partial charge in [0.2, 0.25) is 0 Å². The van der Waals surface area contributed by atoms with Crippen LogP contribution in [0.25, 0.3) is 0 Å². The number of rotatable bonds is 2. The molecule has 0 saturated carbocycles. The van der Waals surface area contributed by atoms with E-state index in [1.807, 2.05) is 6.07 Å². The van der Waals surface area contributed by atoms with E-state index in [0.29, 0.717) is 11.1 Å². The van der Waals surface area contributed by atoms with Gasteiger partial charge in [-0.2, -0.15) is 0 Å². The maximum atomic E-state index is 13.4. The molecule has 0 radical (unpaired) electrons. The summed E-state index contributed by atoms with van der Waals surface area (Å²) in [5.74, 6) is -0.829. The summed E-state index contributed by atoms with van der Waals surface area (Å²) in [7, 11) is 0. The standard InChI is InChI=1S/C14H10ClFO/c1-9-7-8-11(16)13(15)12(9)14(17)10-5-3-2-4-6-10/h2-8H,1H3. The Morgan fingerprint density at radius 3 is 2.41 bits per heavy atom. The van der Waals surface area contributed by atoms with Gasteiger partial charge in [0.15, 0.2) is 5.78 Å². The van der Waals surface area contributed by atoms with Crippen LogP contribution >= 0.6 is 11.6 Å². The second kappa shape index (κ2) is 4.68. The van der Waals surface area contributed by atoms with Gasteiger partial charge in [0.25, 0.3) is 0 Å². The molecule has 2 aromatic carbocycles. The van der Waals surface area contributed by atoms with Crippen molar-refractivity contribution in [3.8, 4) is 0 Å². The normalized spacial score (nSPS) is 10.3. The molecule has 0 saturated heterocycles. The average Bonchev–Trinajstić information content (AvgIpc) is 2.35. The zero-order chi connectivity index (χ0) is 12.4. The molecule has 2 rings (SSSR count). The van der Waals surface area contributed by atoms with E-state index in [1.54, 1.807) is 37.3 Å². The quantitative estimate of drug-likeness (QED) is 0.734. The van der Waals surface area contributed by atoms with Crippen LogP contribution in [0.3, 0.4) is 0 Å². The SMILES string of the molecule is Cc1ccc(F)c(Cl)c1C(=O)c1ccccc1. The fraction of sp³-hybridized carbons (Fsp3) is 0.0714. The lowest BCUT2D eigenvalue weighted by Crippen LogP contribution is -2.05. The van der Waals surface area contributed by atoms with Gasteiger partial charge in [-0.05, 0) is 18.6 Å². The summed E-state index contributed by atoms with van der Waals surface area (Å²) in [6.07, 6.45) is 0. The van der Waals surface area contributed by atoms with Crippen molar-refractivity contribution < 1.29 is 9.18 Å². The summed E-state index contributed by atoms with van der Waals surface area (Å²) in [6.45, 7) is 1.74. The van der Waals surface area contributed by atoms with Crippen LogP contribution in [-0.2, 0) is 0 Å². The number of carbonyl (C=O) groups is 1. The Labute approximate surface area is 104 Å². The molecule has 0 unspecified atom stereocenters. The molecule has 86 valence electrons. The third-order valence-corrected chi connectivity index (χ3v) is 2.94. The van der Waals surface area contributed by atoms with Crippen molar-refractivity contribution in [1.29, 1.82) is 0 Å². The van der Waals surface area contributed by atoms with E-state index >= 15 is 0 Å². The Balaban J connectivity index is 2.56. The van der Waals surface area contributed by atoms with Crippen molar-refractivity contribution in [3.05, 3.63) is 70.0 Å². The highest BCUT2D eigenvalue weighted by Crippen LogP contribution is 2.25. The minimum atomic E-state index is -0.573. The number of aryl methyl sites for hydroxylation is 1. The van der Waals surface area contributed by atoms with Crippen molar-refractivity contribution in [3.63, 3.8) is 0 Å². The molecule has 3 heteroatoms. The molecule has 0 fully saturated rings. The number of hydrogen-bond donors (Lipinski definition) is 0. The molecule has 0 N–H and O–H groups in total. The average molecular weight is 249 g/mol. The van der Waals surface area contributed by atoms with Crippen molar-refractivity contribution in [2.24, 2.45) is 0 Å². The van der Waals surface area contributed by atoms with Crippen LogP contribution in [0.4, 0.5) is 4.39 Å². The summed E-state index contributed by atoms with van der Waals surface area (Å²) in [5.41, 5.74) is 1.41. The molecule has 0 aromatic heterocycles. The van der Waals surface area contributed by atoms with E-state index in [1.165, 1.54) is 6.07 Å². The van der Waals surface area contributed by atoms with Crippen LogP contribution < -0.4 is 0 Å². The maximum Gasteiger partial charge on any atom is 0.194 e. The Morgan fingerprint density at radius 2 is 1.76 bits per heavy atom. The molecule has 0 bridgehead atoms. The predicted octanol–water partition coefficient (Wildman–Crippen LogP) is 4.02. The highest BCUT2D eigenvalue weighted by atomic mass is 35.5. The molecule has 0 amide bonds. The van der Waals surface area contributed by atoms with E-state index < -0.39 is 5.82 Å². The molecule has 1 nitrogen and oxygen atoms in total. The van der Waals surface area contributed by atoms with Gasteiger partial charge >= 0.3 is 0 Å². The Bertz CT molecular complexity index is 564. The van der Waals surface area contributed by atoms with Crippen molar-refractivity contribution in [1.82, 2.24) is 0 Å². The van der Waals surface area contributed by atoms with Gasteiger partial charge in [-0.15, -0.1) is 0 Å². The lowest BCUT2D eigenvalue weighted by molar-refractivity contribution is 0.103. The number of ketones is 1. The lowest BCUT2D eigenvalue weighted by atomic mass is 9.99. The van der Waals surface area contributed by atoms with E-state index in [-0.39, 0.29) is 16.4 Å². The van der Waals surface area contributed by atoms with Crippen LogP contribution in [-0.4, -0.2) is 5.78 Å². The first-order chi connectivity index (χ1) is 8.11. The molecular formula is C14H10ClFO. The zero-order valence-electron chi connectivity index (χ0n) is 9.21. The second-order valence-electron chi connectivity index (χ2n) is 3.75. The highest BCUT2D eigenvalue weighted by Gasteiger charge is 2.17. The Hall–Kier alpha value is -1.67. The third kappa shape index (κ3) is 2.22. The highest BCUT2D eigenvalue weighted by molar-refractivity contribution is 6.35. The molecule has 0 aliphatic heterocycles. The van der Waals surface area contributed by atoms with Crippen molar-refractivity contribution in [2.75, 3.05) is 0 Å². The van der Waals surface area contributed by atoms with Crippen LogP contribution in [0.1, 0.15) is 21.5 Å². The first kappa shape index (κ1) is 11.8. The van der Waals surface area contributed by atoms with Crippen LogP contribution in [0.2, 0.25) is 5.02 Å². The largest absolute Gasteiger partial charge is 0.289 e. The van der Waals surface area contributed by atoms with E-state index in [0.717, 1.165) is 0 Å². The maximum absolute atomic E-state index is 13.4. The van der Waals surface area contributed by atoms with E-state index in [2.05, 4.69) is 0 Å². The minimum Gasteiger partial charge on any atom is -0.289 e. The van der Waals surface area contributed by atoms with Crippen molar-refractivity contribution >= 4 is 17.4 Å². The van der Waals surface area contributed by atoms with Gasteiger partial charge in [0, 0.05) is 11.1 Å². The van der Waals surface area contributed by atoms with Crippen LogP contribution in [0, 0.1) is 12.7 Å². The molecule has 0 aliphatic rings. The van der Waals surface area contributed by atoms with Crippen LogP contribution in [0.5, 0.6) is 0 Å². The Kier molecular flexibility index (Phi) is 3.25. The second-order valence-corrected chi connectivity index (χ2v) is 4.13. The van der Waals surface area contributed by atoms with Crippen LogP contribution in [0.15, 0.2) is 42.5 Å². The summed E-state index contributed by atoms with van der Waals surface area (Å²) >= 11 is 5.85. The molecule has 0 aliphatic carbocycles. The van der Waals surface area contributed by atoms with Gasteiger partial charge in [0.05, 0.1) is 5.02 Å². The number of halogens is 2. The summed E-state index contributed by atoms with van der Waals surface area (Å²) < 4.78 is 13.4. The molecular weight excluding hydrogens is 239 g/mol. The van der Waals surface area contributed by atoms with Gasteiger partial charge in [-0.25, -0.2) is 4.39 Å².